The first-order valence-electron chi connectivity index (χ1n) is 13.8. The summed E-state index contributed by atoms with van der Waals surface area (Å²) in [7, 11) is -3.91. The highest BCUT2D eigenvalue weighted by Gasteiger charge is 2.43. The summed E-state index contributed by atoms with van der Waals surface area (Å²) in [5, 5.41) is 0.290. The third-order valence-electron chi connectivity index (χ3n) is 8.36. The number of hydrogen-bond acceptors (Lipinski definition) is 4. The molecule has 0 aromatic heterocycles. The predicted molar refractivity (Wildman–Crippen MR) is 158 cm³/mol. The highest BCUT2D eigenvalue weighted by Crippen LogP contribution is 2.40. The normalized spacial score (nSPS) is 24.4. The fraction of sp³-hybridized carbons (Fsp3) is 0.733. The number of hydrogen-bond donors (Lipinski definition) is 0. The van der Waals surface area contributed by atoms with Crippen molar-refractivity contribution in [1.29, 1.82) is 0 Å². The fourth-order valence-electron chi connectivity index (χ4n) is 3.83. The van der Waals surface area contributed by atoms with Crippen LogP contribution in [0.3, 0.4) is 0 Å². The molecule has 1 aliphatic heterocycles. The maximum atomic E-state index is 7.03. The number of benzene rings is 1. The summed E-state index contributed by atoms with van der Waals surface area (Å²) < 4.78 is 26.8. The van der Waals surface area contributed by atoms with Gasteiger partial charge >= 0.3 is 0 Å². The second-order valence-electron chi connectivity index (χ2n) is 13.6. The van der Waals surface area contributed by atoms with Crippen LogP contribution in [0.15, 0.2) is 42.0 Å². The molecule has 1 aromatic rings. The first kappa shape index (κ1) is 31.5. The van der Waals surface area contributed by atoms with Crippen molar-refractivity contribution in [3.8, 4) is 0 Å². The molecular weight excluding hydrogens is 480 g/mol. The Morgan fingerprint density at radius 1 is 0.889 bits per heavy atom. The third-order valence-corrected chi connectivity index (χ3v) is 17.4. The summed E-state index contributed by atoms with van der Waals surface area (Å²) in [6, 6.07) is 10.4. The lowest BCUT2D eigenvalue weighted by Gasteiger charge is -2.43. The molecule has 0 unspecified atom stereocenters. The SMILES string of the molecule is C/C1=C/CC[C@@H](O[Si](C)(C)C(C)(C)C)[C@@H](CO[Si](C)(C)C(C)(C)C)O[C@@H](COCc2ccccc2)C1. The summed E-state index contributed by atoms with van der Waals surface area (Å²) in [6.07, 6.45) is 5.06. The number of ether oxygens (including phenoxy) is 2. The lowest BCUT2D eigenvalue weighted by molar-refractivity contribution is -0.113. The molecule has 3 atom stereocenters. The van der Waals surface area contributed by atoms with Gasteiger partial charge in [0.25, 0.3) is 0 Å². The van der Waals surface area contributed by atoms with Crippen molar-refractivity contribution in [2.75, 3.05) is 13.2 Å². The van der Waals surface area contributed by atoms with Gasteiger partial charge in [0.15, 0.2) is 16.6 Å². The van der Waals surface area contributed by atoms with Crippen molar-refractivity contribution in [2.45, 2.75) is 129 Å². The zero-order valence-electron chi connectivity index (χ0n) is 25.1. The fourth-order valence-corrected chi connectivity index (χ4v) is 6.22. The minimum Gasteiger partial charge on any atom is -0.414 e. The lowest BCUT2D eigenvalue weighted by atomic mass is 10.1. The quantitative estimate of drug-likeness (QED) is 0.235. The highest BCUT2D eigenvalue weighted by molar-refractivity contribution is 6.74. The molecule has 0 N–H and O–H groups in total. The van der Waals surface area contributed by atoms with Gasteiger partial charge in [-0.1, -0.05) is 83.5 Å². The molecule has 36 heavy (non-hydrogen) atoms. The molecule has 0 saturated carbocycles. The molecule has 1 aromatic carbocycles. The molecule has 2 rings (SSSR count). The largest absolute Gasteiger partial charge is 0.414 e. The molecule has 1 heterocycles. The standard InChI is InChI=1S/C30H54O4Si2/c1-24-16-15-19-27(34-36(10,11)30(5,6)7)28(23-32-35(8,9)29(2,3)4)33-26(20-24)22-31-21-25-17-13-12-14-18-25/h12-14,16-18,26-28H,15,19-23H2,1-11H3/b24-16-/t26-,27-,28-/m1/s1. The van der Waals surface area contributed by atoms with Crippen LogP contribution in [-0.4, -0.2) is 48.2 Å². The van der Waals surface area contributed by atoms with Gasteiger partial charge in [0.1, 0.15) is 6.10 Å². The van der Waals surface area contributed by atoms with Gasteiger partial charge in [0, 0.05) is 0 Å². The maximum Gasteiger partial charge on any atom is 0.192 e. The summed E-state index contributed by atoms with van der Waals surface area (Å²) in [6.45, 7) is 27.1. The monoisotopic (exact) mass is 534 g/mol. The Morgan fingerprint density at radius 3 is 2.08 bits per heavy atom. The van der Waals surface area contributed by atoms with Crippen molar-refractivity contribution in [2.24, 2.45) is 0 Å². The van der Waals surface area contributed by atoms with Gasteiger partial charge in [-0.25, -0.2) is 0 Å². The summed E-state index contributed by atoms with van der Waals surface area (Å²) in [5.41, 5.74) is 2.55. The van der Waals surface area contributed by atoms with Crippen LogP contribution in [0.4, 0.5) is 0 Å². The van der Waals surface area contributed by atoms with E-state index in [0.717, 1.165) is 19.3 Å². The van der Waals surface area contributed by atoms with Crippen molar-refractivity contribution >= 4 is 16.6 Å². The maximum absolute atomic E-state index is 7.03. The van der Waals surface area contributed by atoms with E-state index in [4.69, 9.17) is 18.3 Å². The molecular formula is C30H54O4Si2. The van der Waals surface area contributed by atoms with Crippen LogP contribution < -0.4 is 0 Å². The highest BCUT2D eigenvalue weighted by atomic mass is 28.4. The molecule has 4 nitrogen and oxygen atoms in total. The average molecular weight is 535 g/mol. The zero-order valence-corrected chi connectivity index (χ0v) is 27.1. The van der Waals surface area contributed by atoms with Crippen LogP contribution in [0.5, 0.6) is 0 Å². The Hall–Kier alpha value is -0.766. The summed E-state index contributed by atoms with van der Waals surface area (Å²) in [5.74, 6) is 0. The van der Waals surface area contributed by atoms with Gasteiger partial charge in [-0.15, -0.1) is 0 Å². The average Bonchev–Trinajstić information content (AvgIpc) is 2.81. The molecule has 0 fully saturated rings. The molecule has 1 aliphatic rings. The van der Waals surface area contributed by atoms with E-state index in [1.807, 2.05) is 6.07 Å². The van der Waals surface area contributed by atoms with E-state index in [2.05, 4.69) is 105 Å². The Bertz CT molecular complexity index is 822. The van der Waals surface area contributed by atoms with Crippen molar-refractivity contribution < 1.29 is 18.3 Å². The van der Waals surface area contributed by atoms with E-state index < -0.39 is 16.6 Å². The molecule has 206 valence electrons. The van der Waals surface area contributed by atoms with Crippen molar-refractivity contribution in [3.05, 3.63) is 47.5 Å². The molecule has 0 radical (unpaired) electrons. The van der Waals surface area contributed by atoms with Gasteiger partial charge in [-0.3, -0.25) is 0 Å². The van der Waals surface area contributed by atoms with E-state index in [1.165, 1.54) is 11.1 Å². The Kier molecular flexibility index (Phi) is 11.2. The van der Waals surface area contributed by atoms with Gasteiger partial charge in [0.05, 0.1) is 32.0 Å². The number of rotatable bonds is 9. The van der Waals surface area contributed by atoms with Gasteiger partial charge < -0.3 is 18.3 Å². The van der Waals surface area contributed by atoms with E-state index in [0.29, 0.717) is 19.8 Å². The minimum atomic E-state index is -1.99. The zero-order chi connectivity index (χ0) is 27.2. The van der Waals surface area contributed by atoms with E-state index in [1.54, 1.807) is 0 Å². The predicted octanol–water partition coefficient (Wildman–Crippen LogP) is 8.50. The van der Waals surface area contributed by atoms with Crippen molar-refractivity contribution in [1.82, 2.24) is 0 Å². The van der Waals surface area contributed by atoms with Crippen LogP contribution in [0, 0.1) is 0 Å². The smallest absolute Gasteiger partial charge is 0.192 e. The van der Waals surface area contributed by atoms with Gasteiger partial charge in [0.2, 0.25) is 0 Å². The Morgan fingerprint density at radius 2 is 1.50 bits per heavy atom. The van der Waals surface area contributed by atoms with Crippen LogP contribution >= 0.6 is 0 Å². The molecule has 6 heteroatoms. The van der Waals surface area contributed by atoms with Crippen molar-refractivity contribution in [3.63, 3.8) is 0 Å². The van der Waals surface area contributed by atoms with E-state index >= 15 is 0 Å². The first-order chi connectivity index (χ1) is 16.5. The Balaban J connectivity index is 2.25. The number of allylic oxidation sites excluding steroid dienone is 1. The van der Waals surface area contributed by atoms with E-state index in [9.17, 15) is 0 Å². The Labute approximate surface area is 224 Å². The third kappa shape index (κ3) is 9.52. The molecule has 0 aliphatic carbocycles. The minimum absolute atomic E-state index is 0.00873. The van der Waals surface area contributed by atoms with Crippen LogP contribution in [0.2, 0.25) is 36.3 Å². The van der Waals surface area contributed by atoms with Crippen LogP contribution in [0.1, 0.15) is 73.3 Å². The van der Waals surface area contributed by atoms with Gasteiger partial charge in [-0.05, 0) is 68.0 Å². The lowest BCUT2D eigenvalue weighted by Crippen LogP contribution is -2.51. The topological polar surface area (TPSA) is 36.9 Å². The second-order valence-corrected chi connectivity index (χ2v) is 23.2. The second kappa shape index (κ2) is 12.9. The summed E-state index contributed by atoms with van der Waals surface area (Å²) in [4.78, 5) is 0. The molecule has 0 saturated heterocycles. The molecule has 0 bridgehead atoms. The first-order valence-corrected chi connectivity index (χ1v) is 19.6. The molecule has 0 spiro atoms. The summed E-state index contributed by atoms with van der Waals surface area (Å²) >= 11 is 0. The van der Waals surface area contributed by atoms with Crippen LogP contribution in [0.25, 0.3) is 0 Å². The van der Waals surface area contributed by atoms with E-state index in [-0.39, 0.29) is 28.4 Å². The van der Waals surface area contributed by atoms with Gasteiger partial charge in [-0.2, -0.15) is 0 Å². The van der Waals surface area contributed by atoms with Crippen LogP contribution in [-0.2, 0) is 24.9 Å². The molecule has 0 amide bonds.